The van der Waals surface area contributed by atoms with Gasteiger partial charge in [-0.05, 0) is 54.5 Å². The SMILES string of the molecule is Cc1cc(C2=CC(c3cc(Cl)cc(Cl)c3)(C(F)(F)F)ON2)ccc1C(=O)NC1CS(=O)C1. The van der Waals surface area contributed by atoms with Crippen LogP contribution in [0.5, 0.6) is 0 Å². The molecule has 4 rings (SSSR count). The number of halogens is 5. The summed E-state index contributed by atoms with van der Waals surface area (Å²) in [4.78, 5) is 17.5. The van der Waals surface area contributed by atoms with Crippen molar-refractivity contribution in [3.05, 3.63) is 74.8 Å². The topological polar surface area (TPSA) is 67.4 Å². The molecule has 2 aromatic carbocycles. The average molecular weight is 505 g/mol. The summed E-state index contributed by atoms with van der Waals surface area (Å²) in [6.07, 6.45) is -3.89. The number of hydroxylamine groups is 1. The van der Waals surface area contributed by atoms with E-state index in [9.17, 15) is 22.2 Å². The molecular weight excluding hydrogens is 488 g/mol. The third kappa shape index (κ3) is 4.26. The van der Waals surface area contributed by atoms with Gasteiger partial charge in [-0.1, -0.05) is 29.3 Å². The Hall–Kier alpha value is -2.07. The lowest BCUT2D eigenvalue weighted by Gasteiger charge is -2.28. The summed E-state index contributed by atoms with van der Waals surface area (Å²) in [7, 11) is -0.892. The van der Waals surface area contributed by atoms with Gasteiger partial charge in [0.05, 0.1) is 11.7 Å². The molecule has 2 aliphatic rings. The van der Waals surface area contributed by atoms with Crippen molar-refractivity contribution < 1.29 is 27.0 Å². The summed E-state index contributed by atoms with van der Waals surface area (Å²) < 4.78 is 53.6. The van der Waals surface area contributed by atoms with E-state index in [1.165, 1.54) is 18.2 Å². The maximum atomic E-state index is 14.1. The van der Waals surface area contributed by atoms with Crippen LogP contribution in [0.15, 0.2) is 42.5 Å². The van der Waals surface area contributed by atoms with E-state index >= 15 is 0 Å². The molecule has 0 bridgehead atoms. The van der Waals surface area contributed by atoms with Crippen LogP contribution in [-0.4, -0.2) is 33.8 Å². The van der Waals surface area contributed by atoms with Crippen LogP contribution in [0.1, 0.15) is 27.0 Å². The van der Waals surface area contributed by atoms with E-state index < -0.39 is 22.6 Å². The Kier molecular flexibility index (Phi) is 6.04. The van der Waals surface area contributed by atoms with Gasteiger partial charge in [-0.15, -0.1) is 0 Å². The molecule has 1 amide bonds. The van der Waals surface area contributed by atoms with Gasteiger partial charge in [0.15, 0.2) is 0 Å². The molecule has 2 aliphatic heterocycles. The monoisotopic (exact) mass is 504 g/mol. The second-order valence-electron chi connectivity index (χ2n) is 7.63. The first-order chi connectivity index (χ1) is 15.0. The van der Waals surface area contributed by atoms with Crippen molar-refractivity contribution in [2.75, 3.05) is 11.5 Å². The molecule has 0 spiro atoms. The van der Waals surface area contributed by atoms with Crippen molar-refractivity contribution in [1.29, 1.82) is 0 Å². The van der Waals surface area contributed by atoms with Crippen molar-refractivity contribution in [3.8, 4) is 0 Å². The lowest BCUT2D eigenvalue weighted by molar-refractivity contribution is -0.269. The number of hydrogen-bond donors (Lipinski definition) is 2. The average Bonchev–Trinajstić information content (AvgIpc) is 3.12. The summed E-state index contributed by atoms with van der Waals surface area (Å²) in [6, 6.07) is 8.14. The Balaban J connectivity index is 1.65. The number of rotatable bonds is 4. The van der Waals surface area contributed by atoms with Crippen molar-refractivity contribution in [3.63, 3.8) is 0 Å². The zero-order valence-corrected chi connectivity index (χ0v) is 18.9. The number of aryl methyl sites for hydroxylation is 1. The Morgan fingerprint density at radius 3 is 2.41 bits per heavy atom. The molecule has 0 aromatic heterocycles. The molecule has 1 unspecified atom stereocenters. The highest BCUT2D eigenvalue weighted by Gasteiger charge is 2.59. The number of carbonyl (C=O) groups is 1. The van der Waals surface area contributed by atoms with E-state index in [-0.39, 0.29) is 33.3 Å². The zero-order valence-electron chi connectivity index (χ0n) is 16.6. The van der Waals surface area contributed by atoms with E-state index in [2.05, 4.69) is 10.8 Å². The first-order valence-corrected chi connectivity index (χ1v) is 11.7. The molecule has 170 valence electrons. The number of hydrogen-bond acceptors (Lipinski definition) is 4. The van der Waals surface area contributed by atoms with Gasteiger partial charge in [0.1, 0.15) is 0 Å². The van der Waals surface area contributed by atoms with Gasteiger partial charge in [0.2, 0.25) is 5.60 Å². The minimum absolute atomic E-state index is 0.0445. The minimum Gasteiger partial charge on any atom is -0.347 e. The van der Waals surface area contributed by atoms with Crippen molar-refractivity contribution in [1.82, 2.24) is 10.8 Å². The highest BCUT2D eigenvalue weighted by atomic mass is 35.5. The Morgan fingerprint density at radius 2 is 1.84 bits per heavy atom. The van der Waals surface area contributed by atoms with Crippen molar-refractivity contribution in [2.24, 2.45) is 0 Å². The lowest BCUT2D eigenvalue weighted by Crippen LogP contribution is -2.50. The predicted octanol–water partition coefficient (Wildman–Crippen LogP) is 4.50. The molecule has 1 fully saturated rings. The highest BCUT2D eigenvalue weighted by molar-refractivity contribution is 7.86. The molecule has 32 heavy (non-hydrogen) atoms. The molecule has 2 aromatic rings. The van der Waals surface area contributed by atoms with Crippen molar-refractivity contribution >= 4 is 45.6 Å². The van der Waals surface area contributed by atoms with E-state index in [1.807, 2.05) is 0 Å². The summed E-state index contributed by atoms with van der Waals surface area (Å²) in [6.45, 7) is 1.68. The van der Waals surface area contributed by atoms with Crippen LogP contribution in [-0.2, 0) is 21.2 Å². The van der Waals surface area contributed by atoms with Crippen LogP contribution in [0, 0.1) is 6.92 Å². The van der Waals surface area contributed by atoms with Crippen molar-refractivity contribution in [2.45, 2.75) is 24.7 Å². The molecule has 1 atom stereocenters. The molecule has 0 aliphatic carbocycles. The summed E-state index contributed by atoms with van der Waals surface area (Å²) in [5.41, 5.74) is 0.744. The second-order valence-corrected chi connectivity index (χ2v) is 10.0. The fraction of sp³-hybridized carbons (Fsp3) is 0.286. The van der Waals surface area contributed by atoms with E-state index in [1.54, 1.807) is 13.0 Å². The highest BCUT2D eigenvalue weighted by Crippen LogP contribution is 2.48. The predicted molar refractivity (Wildman–Crippen MR) is 117 cm³/mol. The molecule has 5 nitrogen and oxygen atoms in total. The third-order valence-electron chi connectivity index (χ3n) is 5.27. The molecule has 0 radical (unpaired) electrons. The number of nitrogens with one attached hydrogen (secondary N) is 2. The van der Waals surface area contributed by atoms with Gasteiger partial charge in [-0.2, -0.15) is 13.2 Å². The van der Waals surface area contributed by atoms with Crippen LogP contribution in [0.3, 0.4) is 0 Å². The zero-order chi connectivity index (χ0) is 23.3. The first kappa shape index (κ1) is 23.1. The van der Waals surface area contributed by atoms with E-state index in [4.69, 9.17) is 28.0 Å². The number of benzene rings is 2. The minimum atomic E-state index is -4.81. The fourth-order valence-corrected chi connectivity index (χ4v) is 5.08. The van der Waals surface area contributed by atoms with Crippen LogP contribution in [0.2, 0.25) is 10.0 Å². The van der Waals surface area contributed by atoms with Gasteiger partial charge in [0, 0.05) is 43.5 Å². The third-order valence-corrected chi connectivity index (χ3v) is 7.26. The van der Waals surface area contributed by atoms with E-state index in [0.717, 1.165) is 18.2 Å². The maximum absolute atomic E-state index is 14.1. The molecule has 2 heterocycles. The number of carbonyl (C=O) groups excluding carboxylic acids is 1. The van der Waals surface area contributed by atoms with Gasteiger partial charge in [-0.25, -0.2) is 0 Å². The van der Waals surface area contributed by atoms with Crippen LogP contribution in [0.25, 0.3) is 5.70 Å². The van der Waals surface area contributed by atoms with Gasteiger partial charge >= 0.3 is 6.18 Å². The smallest absolute Gasteiger partial charge is 0.347 e. The van der Waals surface area contributed by atoms with Gasteiger partial charge in [-0.3, -0.25) is 19.3 Å². The lowest BCUT2D eigenvalue weighted by atomic mass is 9.91. The van der Waals surface area contributed by atoms with Gasteiger partial charge in [0.25, 0.3) is 5.91 Å². The number of alkyl halides is 3. The Bertz CT molecular complexity index is 1130. The normalized spacial score (nSPS) is 25.0. The Morgan fingerprint density at radius 1 is 1.19 bits per heavy atom. The summed E-state index contributed by atoms with van der Waals surface area (Å²) in [5.74, 6) is 0.521. The van der Waals surface area contributed by atoms with E-state index in [0.29, 0.717) is 28.2 Å². The summed E-state index contributed by atoms with van der Waals surface area (Å²) >= 11 is 11.8. The summed E-state index contributed by atoms with van der Waals surface area (Å²) in [5, 5.41) is 2.89. The molecule has 11 heteroatoms. The van der Waals surface area contributed by atoms with Crippen LogP contribution in [0.4, 0.5) is 13.2 Å². The number of amides is 1. The maximum Gasteiger partial charge on any atom is 0.428 e. The Labute approximate surface area is 194 Å². The molecular formula is C21H17Cl2F3N2O3S. The molecule has 0 saturated carbocycles. The quantitative estimate of drug-likeness (QED) is 0.643. The second kappa shape index (κ2) is 8.37. The largest absolute Gasteiger partial charge is 0.428 e. The molecule has 1 saturated heterocycles. The van der Waals surface area contributed by atoms with Gasteiger partial charge < -0.3 is 5.32 Å². The standard InChI is InChI=1S/C21H17Cl2F3N2O3S/c1-11-4-12(2-3-17(11)19(29)27-16-9-32(30)10-16)18-8-20(31-28-18,21(24,25)26)13-5-14(22)7-15(23)6-13/h2-8,16,28H,9-10H2,1H3,(H,27,29). The van der Waals surface area contributed by atoms with Crippen LogP contribution >= 0.6 is 23.2 Å². The first-order valence-electron chi connectivity index (χ1n) is 9.45. The molecule has 2 N–H and O–H groups in total. The van der Waals surface area contributed by atoms with Crippen LogP contribution < -0.4 is 10.8 Å². The fourth-order valence-electron chi connectivity index (χ4n) is 3.59.